The molecular weight excluding hydrogens is 119 g/mol. The number of halogens is 1. The van der Waals surface area contributed by atoms with Crippen molar-refractivity contribution in [2.24, 2.45) is 0 Å². The van der Waals surface area contributed by atoms with Gasteiger partial charge < -0.3 is 9.44 Å². The van der Waals surface area contributed by atoms with Crippen LogP contribution in [0.25, 0.3) is 0 Å². The maximum atomic E-state index is 4.91. The molecule has 1 nitrogen and oxygen atoms in total. The average Bonchev–Trinajstić information content (AvgIpc) is 1.90. The van der Waals surface area contributed by atoms with Crippen LogP contribution in [0, 0.1) is 0 Å². The topological polar surface area (TPSA) is 9.23 Å². The molecule has 2 heteroatoms. The molecule has 0 radical (unpaired) electrons. The molecule has 1 aromatic carbocycles. The Morgan fingerprint density at radius 3 is 2.00 bits per heavy atom. The van der Waals surface area contributed by atoms with Crippen LogP contribution in [0.2, 0.25) is 0 Å². The molecule has 0 N–H and O–H groups in total. The van der Waals surface area contributed by atoms with E-state index in [1.54, 1.807) is 7.11 Å². The third kappa shape index (κ3) is 2.13. The van der Waals surface area contributed by atoms with Crippen LogP contribution in [-0.2, 0) is 0 Å². The first kappa shape index (κ1) is 7.95. The molecule has 50 valence electrons. The van der Waals surface area contributed by atoms with Gasteiger partial charge in [0.1, 0.15) is 5.75 Å². The van der Waals surface area contributed by atoms with Gasteiger partial charge in [-0.05, 0) is 12.1 Å². The standard InChI is InChI=1S/C7H8O.FH/c1-8-7-5-3-2-4-6-7;/h2-6H,1H3;1H/p-1. The molecule has 0 aliphatic rings. The van der Waals surface area contributed by atoms with E-state index in [4.69, 9.17) is 4.74 Å². The average molecular weight is 127 g/mol. The van der Waals surface area contributed by atoms with Crippen molar-refractivity contribution in [3.8, 4) is 5.75 Å². The molecule has 1 aromatic rings. The molecular formula is C7H8FO-. The lowest BCUT2D eigenvalue weighted by Crippen LogP contribution is -3.00. The van der Waals surface area contributed by atoms with E-state index in [1.807, 2.05) is 30.3 Å². The minimum atomic E-state index is 0. The van der Waals surface area contributed by atoms with Crippen LogP contribution in [-0.4, -0.2) is 7.11 Å². The van der Waals surface area contributed by atoms with E-state index in [-0.39, 0.29) is 4.70 Å². The van der Waals surface area contributed by atoms with Crippen molar-refractivity contribution in [2.45, 2.75) is 0 Å². The Bertz CT molecular complexity index is 150. The van der Waals surface area contributed by atoms with Gasteiger partial charge in [0.15, 0.2) is 0 Å². The second kappa shape index (κ2) is 3.89. The minimum Gasteiger partial charge on any atom is -1.00 e. The zero-order chi connectivity index (χ0) is 5.82. The Morgan fingerprint density at radius 1 is 1.11 bits per heavy atom. The van der Waals surface area contributed by atoms with E-state index in [1.165, 1.54) is 0 Å². The summed E-state index contributed by atoms with van der Waals surface area (Å²) in [5.41, 5.74) is 0. The molecule has 0 aromatic heterocycles. The maximum absolute atomic E-state index is 4.91. The van der Waals surface area contributed by atoms with Gasteiger partial charge in [-0.25, -0.2) is 0 Å². The first-order chi connectivity index (χ1) is 3.93. The van der Waals surface area contributed by atoms with Crippen molar-refractivity contribution >= 4 is 0 Å². The van der Waals surface area contributed by atoms with Gasteiger partial charge in [0.05, 0.1) is 7.11 Å². The van der Waals surface area contributed by atoms with Crippen LogP contribution in [0.15, 0.2) is 30.3 Å². The maximum Gasteiger partial charge on any atom is 0.118 e. The van der Waals surface area contributed by atoms with E-state index < -0.39 is 0 Å². The van der Waals surface area contributed by atoms with Gasteiger partial charge >= 0.3 is 0 Å². The summed E-state index contributed by atoms with van der Waals surface area (Å²) in [5.74, 6) is 0.910. The fourth-order valence-corrected chi connectivity index (χ4v) is 0.557. The van der Waals surface area contributed by atoms with Crippen LogP contribution in [0.5, 0.6) is 5.75 Å². The number of hydrogen-bond donors (Lipinski definition) is 0. The van der Waals surface area contributed by atoms with E-state index in [0.717, 1.165) is 5.75 Å². The normalized spacial score (nSPS) is 7.67. The Kier molecular flexibility index (Phi) is 3.44. The van der Waals surface area contributed by atoms with Gasteiger partial charge in [-0.2, -0.15) is 0 Å². The third-order valence-corrected chi connectivity index (χ3v) is 0.979. The molecule has 0 aliphatic carbocycles. The summed E-state index contributed by atoms with van der Waals surface area (Å²) >= 11 is 0. The van der Waals surface area contributed by atoms with E-state index in [0.29, 0.717) is 0 Å². The lowest BCUT2D eigenvalue weighted by Gasteiger charge is -1.93. The summed E-state index contributed by atoms with van der Waals surface area (Å²) in [5, 5.41) is 0. The van der Waals surface area contributed by atoms with Crippen molar-refractivity contribution in [2.75, 3.05) is 7.11 Å². The summed E-state index contributed by atoms with van der Waals surface area (Å²) in [4.78, 5) is 0. The van der Waals surface area contributed by atoms with Crippen LogP contribution >= 0.6 is 0 Å². The number of benzene rings is 1. The highest BCUT2D eigenvalue weighted by atomic mass is 19.0. The van der Waals surface area contributed by atoms with Crippen LogP contribution in [0.4, 0.5) is 0 Å². The van der Waals surface area contributed by atoms with Gasteiger partial charge in [0.2, 0.25) is 0 Å². The molecule has 0 heterocycles. The molecule has 0 saturated carbocycles. The number of hydrogen-bond acceptors (Lipinski definition) is 1. The zero-order valence-electron chi connectivity index (χ0n) is 5.17. The zero-order valence-corrected chi connectivity index (χ0v) is 5.17. The SMILES string of the molecule is COc1ccccc1.[F-]. The fourth-order valence-electron chi connectivity index (χ4n) is 0.557. The predicted octanol–water partition coefficient (Wildman–Crippen LogP) is -1.30. The molecule has 0 unspecified atom stereocenters. The van der Waals surface area contributed by atoms with E-state index >= 15 is 0 Å². The van der Waals surface area contributed by atoms with Crippen LogP contribution in [0.3, 0.4) is 0 Å². The molecule has 0 bridgehead atoms. The largest absolute Gasteiger partial charge is 1.00 e. The Hall–Kier alpha value is -1.05. The summed E-state index contributed by atoms with van der Waals surface area (Å²) in [6.45, 7) is 0. The highest BCUT2D eigenvalue weighted by molar-refractivity contribution is 5.20. The monoisotopic (exact) mass is 127 g/mol. The minimum absolute atomic E-state index is 0. The smallest absolute Gasteiger partial charge is 0.118 e. The molecule has 0 fully saturated rings. The van der Waals surface area contributed by atoms with Gasteiger partial charge in [-0.1, -0.05) is 18.2 Å². The lowest BCUT2D eigenvalue weighted by atomic mass is 10.3. The molecule has 1 rings (SSSR count). The van der Waals surface area contributed by atoms with Crippen molar-refractivity contribution in [1.82, 2.24) is 0 Å². The van der Waals surface area contributed by atoms with Gasteiger partial charge in [-0.3, -0.25) is 0 Å². The van der Waals surface area contributed by atoms with Gasteiger partial charge in [0.25, 0.3) is 0 Å². The molecule has 0 aliphatic heterocycles. The summed E-state index contributed by atoms with van der Waals surface area (Å²) in [6, 6.07) is 9.68. The summed E-state index contributed by atoms with van der Waals surface area (Å²) in [6.07, 6.45) is 0. The van der Waals surface area contributed by atoms with Crippen molar-refractivity contribution in [3.05, 3.63) is 30.3 Å². The van der Waals surface area contributed by atoms with Crippen LogP contribution < -0.4 is 9.44 Å². The summed E-state index contributed by atoms with van der Waals surface area (Å²) in [7, 11) is 1.66. The third-order valence-electron chi connectivity index (χ3n) is 0.979. The van der Waals surface area contributed by atoms with Crippen molar-refractivity contribution in [3.63, 3.8) is 0 Å². The second-order valence-electron chi connectivity index (χ2n) is 1.52. The highest BCUT2D eigenvalue weighted by Crippen LogP contribution is 2.05. The number of rotatable bonds is 1. The highest BCUT2D eigenvalue weighted by Gasteiger charge is 1.80. The van der Waals surface area contributed by atoms with Crippen molar-refractivity contribution < 1.29 is 9.44 Å². The Balaban J connectivity index is 0.000000640. The summed E-state index contributed by atoms with van der Waals surface area (Å²) < 4.78 is 4.91. The van der Waals surface area contributed by atoms with Gasteiger partial charge in [-0.15, -0.1) is 0 Å². The molecule has 0 atom stereocenters. The fraction of sp³-hybridized carbons (Fsp3) is 0.143. The molecule has 9 heavy (non-hydrogen) atoms. The molecule has 0 amide bonds. The van der Waals surface area contributed by atoms with E-state index in [2.05, 4.69) is 0 Å². The molecule has 0 spiro atoms. The number of para-hydroxylation sites is 1. The Morgan fingerprint density at radius 2 is 1.67 bits per heavy atom. The van der Waals surface area contributed by atoms with Crippen molar-refractivity contribution in [1.29, 1.82) is 0 Å². The molecule has 0 saturated heterocycles. The number of ether oxygens (including phenoxy) is 1. The first-order valence-electron chi connectivity index (χ1n) is 2.52. The van der Waals surface area contributed by atoms with E-state index in [9.17, 15) is 0 Å². The number of methoxy groups -OCH3 is 1. The predicted molar refractivity (Wildman–Crippen MR) is 33.0 cm³/mol. The Labute approximate surface area is 53.6 Å². The second-order valence-corrected chi connectivity index (χ2v) is 1.52. The lowest BCUT2D eigenvalue weighted by molar-refractivity contribution is -0.00000196. The van der Waals surface area contributed by atoms with Crippen LogP contribution in [0.1, 0.15) is 0 Å². The first-order valence-corrected chi connectivity index (χ1v) is 2.52. The van der Waals surface area contributed by atoms with Gasteiger partial charge in [0, 0.05) is 0 Å². The quantitative estimate of drug-likeness (QED) is 0.455.